The van der Waals surface area contributed by atoms with Gasteiger partial charge in [0.25, 0.3) is 0 Å². The third kappa shape index (κ3) is 2.65. The fraction of sp³-hybridized carbons (Fsp3) is 0.500. The summed E-state index contributed by atoms with van der Waals surface area (Å²) in [7, 11) is 0. The van der Waals surface area contributed by atoms with Crippen LogP contribution in [0.15, 0.2) is 24.3 Å². The average molecular weight is 273 g/mol. The molecule has 1 aliphatic heterocycles. The molecule has 0 saturated carbocycles. The van der Waals surface area contributed by atoms with Gasteiger partial charge in [-0.1, -0.05) is 6.07 Å². The fourth-order valence-electron chi connectivity index (χ4n) is 2.53. The van der Waals surface area contributed by atoms with Crippen LogP contribution >= 0.6 is 0 Å². The Labute approximate surface area is 118 Å². The van der Waals surface area contributed by atoms with Gasteiger partial charge in [0, 0.05) is 24.3 Å². The van der Waals surface area contributed by atoms with E-state index in [0.717, 1.165) is 36.8 Å². The second-order valence-corrected chi connectivity index (χ2v) is 5.24. The number of aryl methyl sites for hydroxylation is 1. The minimum absolute atomic E-state index is 0.391. The Kier molecular flexibility index (Phi) is 3.64. The summed E-state index contributed by atoms with van der Waals surface area (Å²) in [5.74, 6) is 1.35. The van der Waals surface area contributed by atoms with Crippen LogP contribution in [0.4, 0.5) is 5.69 Å². The number of benzene rings is 1. The molecule has 3 rings (SSSR count). The second-order valence-electron chi connectivity index (χ2n) is 5.24. The molecule has 1 aliphatic rings. The van der Waals surface area contributed by atoms with Gasteiger partial charge in [0.05, 0.1) is 12.3 Å². The predicted octanol–water partition coefficient (Wildman–Crippen LogP) is 1.81. The molecule has 0 aliphatic carbocycles. The van der Waals surface area contributed by atoms with Crippen molar-refractivity contribution in [1.82, 2.24) is 20.2 Å². The third-order valence-corrected chi connectivity index (χ3v) is 3.78. The predicted molar refractivity (Wildman–Crippen MR) is 75.9 cm³/mol. The van der Waals surface area contributed by atoms with Crippen molar-refractivity contribution in [2.75, 3.05) is 18.5 Å². The first kappa shape index (κ1) is 13.1. The van der Waals surface area contributed by atoms with Crippen LogP contribution in [-0.4, -0.2) is 39.5 Å². The first-order valence-electron chi connectivity index (χ1n) is 6.94. The normalized spacial score (nSPS) is 20.0. The molecule has 20 heavy (non-hydrogen) atoms. The molecule has 1 aromatic heterocycles. The standard InChI is InChI=1S/C14H19N5O/c1-10(12-6-7-20-9-12)15-13-4-3-5-14(8-13)19-11(2)16-17-18-19/h3-5,8,10,12,15H,6-7,9H2,1-2H3. The van der Waals surface area contributed by atoms with Crippen molar-refractivity contribution in [3.05, 3.63) is 30.1 Å². The Morgan fingerprint density at radius 3 is 3.05 bits per heavy atom. The van der Waals surface area contributed by atoms with E-state index in [1.54, 1.807) is 4.68 Å². The summed E-state index contributed by atoms with van der Waals surface area (Å²) < 4.78 is 7.17. The zero-order valence-electron chi connectivity index (χ0n) is 11.8. The smallest absolute Gasteiger partial charge is 0.153 e. The maximum Gasteiger partial charge on any atom is 0.153 e. The highest BCUT2D eigenvalue weighted by atomic mass is 16.5. The van der Waals surface area contributed by atoms with Crippen LogP contribution in [0.5, 0.6) is 0 Å². The van der Waals surface area contributed by atoms with E-state index < -0.39 is 0 Å². The summed E-state index contributed by atoms with van der Waals surface area (Å²) in [5, 5.41) is 15.1. The minimum Gasteiger partial charge on any atom is -0.382 e. The number of ether oxygens (including phenoxy) is 1. The van der Waals surface area contributed by atoms with Crippen molar-refractivity contribution in [2.45, 2.75) is 26.3 Å². The van der Waals surface area contributed by atoms with Crippen LogP contribution in [0.1, 0.15) is 19.2 Å². The van der Waals surface area contributed by atoms with Crippen molar-refractivity contribution in [3.63, 3.8) is 0 Å². The molecule has 2 atom stereocenters. The second kappa shape index (κ2) is 5.58. The Morgan fingerprint density at radius 1 is 1.45 bits per heavy atom. The third-order valence-electron chi connectivity index (χ3n) is 3.78. The molecule has 6 nitrogen and oxygen atoms in total. The van der Waals surface area contributed by atoms with E-state index in [2.05, 4.69) is 39.9 Å². The van der Waals surface area contributed by atoms with Crippen molar-refractivity contribution < 1.29 is 4.74 Å². The van der Waals surface area contributed by atoms with Crippen molar-refractivity contribution >= 4 is 5.69 Å². The van der Waals surface area contributed by atoms with Crippen LogP contribution in [0.25, 0.3) is 5.69 Å². The lowest BCUT2D eigenvalue weighted by molar-refractivity contribution is 0.183. The van der Waals surface area contributed by atoms with E-state index in [9.17, 15) is 0 Å². The zero-order chi connectivity index (χ0) is 13.9. The molecule has 0 bridgehead atoms. The maximum atomic E-state index is 5.44. The number of aromatic nitrogens is 4. The lowest BCUT2D eigenvalue weighted by Crippen LogP contribution is -2.26. The summed E-state index contributed by atoms with van der Waals surface area (Å²) in [6.45, 7) is 5.81. The van der Waals surface area contributed by atoms with E-state index in [0.29, 0.717) is 12.0 Å². The van der Waals surface area contributed by atoms with Gasteiger partial charge in [0.1, 0.15) is 0 Å². The van der Waals surface area contributed by atoms with Gasteiger partial charge < -0.3 is 10.1 Å². The number of tetrazole rings is 1. The number of nitrogens with zero attached hydrogens (tertiary/aromatic N) is 4. The van der Waals surface area contributed by atoms with Crippen molar-refractivity contribution in [3.8, 4) is 5.69 Å². The Morgan fingerprint density at radius 2 is 2.35 bits per heavy atom. The van der Waals surface area contributed by atoms with Crippen molar-refractivity contribution in [2.24, 2.45) is 5.92 Å². The highest BCUT2D eigenvalue weighted by Gasteiger charge is 2.22. The highest BCUT2D eigenvalue weighted by molar-refractivity contribution is 5.51. The first-order valence-corrected chi connectivity index (χ1v) is 6.94. The molecule has 1 N–H and O–H groups in total. The van der Waals surface area contributed by atoms with Gasteiger partial charge >= 0.3 is 0 Å². The molecular formula is C14H19N5O. The zero-order valence-corrected chi connectivity index (χ0v) is 11.8. The van der Waals surface area contributed by atoms with Crippen molar-refractivity contribution in [1.29, 1.82) is 0 Å². The molecule has 2 heterocycles. The minimum atomic E-state index is 0.391. The summed E-state index contributed by atoms with van der Waals surface area (Å²) in [5.41, 5.74) is 2.05. The molecule has 0 radical (unpaired) electrons. The number of hydrogen-bond acceptors (Lipinski definition) is 5. The Balaban J connectivity index is 1.76. The van der Waals surface area contributed by atoms with E-state index >= 15 is 0 Å². The van der Waals surface area contributed by atoms with Crippen LogP contribution in [0.3, 0.4) is 0 Å². The van der Waals surface area contributed by atoms with Crippen LogP contribution in [0.2, 0.25) is 0 Å². The largest absolute Gasteiger partial charge is 0.382 e. The number of hydrogen-bond donors (Lipinski definition) is 1. The van der Waals surface area contributed by atoms with Crippen LogP contribution in [-0.2, 0) is 4.74 Å². The van der Waals surface area contributed by atoms with Crippen LogP contribution < -0.4 is 5.32 Å². The summed E-state index contributed by atoms with van der Waals surface area (Å²) in [6, 6.07) is 8.53. The number of anilines is 1. The summed E-state index contributed by atoms with van der Waals surface area (Å²) in [4.78, 5) is 0. The topological polar surface area (TPSA) is 64.9 Å². The van der Waals surface area contributed by atoms with E-state index in [-0.39, 0.29) is 0 Å². The average Bonchev–Trinajstić information content (AvgIpc) is 3.10. The molecule has 1 aromatic carbocycles. The lowest BCUT2D eigenvalue weighted by atomic mass is 10.0. The fourth-order valence-corrected chi connectivity index (χ4v) is 2.53. The molecule has 6 heteroatoms. The SMILES string of the molecule is Cc1nnnn1-c1cccc(NC(C)C2CCOC2)c1. The number of rotatable bonds is 4. The van der Waals surface area contributed by atoms with Gasteiger partial charge in [-0.3, -0.25) is 0 Å². The molecular weight excluding hydrogens is 254 g/mol. The maximum absolute atomic E-state index is 5.44. The van der Waals surface area contributed by atoms with E-state index in [4.69, 9.17) is 4.74 Å². The highest BCUT2D eigenvalue weighted by Crippen LogP contribution is 2.21. The summed E-state index contributed by atoms with van der Waals surface area (Å²) >= 11 is 0. The van der Waals surface area contributed by atoms with Gasteiger partial charge in [-0.2, -0.15) is 4.68 Å². The van der Waals surface area contributed by atoms with Crippen LogP contribution in [0, 0.1) is 12.8 Å². The number of nitrogens with one attached hydrogen (secondary N) is 1. The Hall–Kier alpha value is -1.95. The van der Waals surface area contributed by atoms with Gasteiger partial charge in [-0.15, -0.1) is 5.10 Å². The quantitative estimate of drug-likeness (QED) is 0.920. The molecule has 106 valence electrons. The molecule has 1 fully saturated rings. The van der Waals surface area contributed by atoms with Gasteiger partial charge in [-0.25, -0.2) is 0 Å². The van der Waals surface area contributed by atoms with Gasteiger partial charge in [0.2, 0.25) is 0 Å². The molecule has 1 saturated heterocycles. The summed E-state index contributed by atoms with van der Waals surface area (Å²) in [6.07, 6.45) is 1.12. The van der Waals surface area contributed by atoms with E-state index in [1.165, 1.54) is 0 Å². The molecule has 0 amide bonds. The van der Waals surface area contributed by atoms with Gasteiger partial charge in [0.15, 0.2) is 5.82 Å². The lowest BCUT2D eigenvalue weighted by Gasteiger charge is -2.20. The monoisotopic (exact) mass is 273 g/mol. The molecule has 0 spiro atoms. The molecule has 2 unspecified atom stereocenters. The van der Waals surface area contributed by atoms with Gasteiger partial charge in [-0.05, 0) is 48.9 Å². The molecule has 2 aromatic rings. The Bertz CT molecular complexity index is 576. The first-order chi connectivity index (χ1) is 9.74. The van der Waals surface area contributed by atoms with E-state index in [1.807, 2.05) is 19.1 Å².